The molecule has 2 heteroatoms. The molecule has 0 spiro atoms. The van der Waals surface area contributed by atoms with Crippen molar-refractivity contribution in [1.29, 1.82) is 0 Å². The van der Waals surface area contributed by atoms with Crippen molar-refractivity contribution >= 4 is 0 Å². The van der Waals surface area contributed by atoms with Crippen LogP contribution in [-0.2, 0) is 15.4 Å². The third-order valence-electron chi connectivity index (χ3n) is 4.17. The van der Waals surface area contributed by atoms with Gasteiger partial charge in [-0.25, -0.2) is 9.78 Å². The van der Waals surface area contributed by atoms with E-state index in [1.165, 1.54) is 11.1 Å². The molecule has 1 aliphatic rings. The number of hydrogen-bond acceptors (Lipinski definition) is 2. The molecule has 1 saturated heterocycles. The van der Waals surface area contributed by atoms with Crippen LogP contribution in [0.15, 0.2) is 60.7 Å². The second-order valence-electron chi connectivity index (χ2n) is 5.69. The van der Waals surface area contributed by atoms with Crippen LogP contribution in [0, 0.1) is 5.92 Å². The average molecular weight is 268 g/mol. The third kappa shape index (κ3) is 2.26. The SMILES string of the molecule is CC(C)C1(c2ccccc2)CC(c2ccccc2)OO1. The van der Waals surface area contributed by atoms with Gasteiger partial charge in [-0.2, -0.15) is 0 Å². The topological polar surface area (TPSA) is 18.5 Å². The lowest BCUT2D eigenvalue weighted by atomic mass is 9.79. The largest absolute Gasteiger partial charge is 0.227 e. The first kappa shape index (κ1) is 13.3. The van der Waals surface area contributed by atoms with E-state index < -0.39 is 0 Å². The first-order chi connectivity index (χ1) is 9.72. The lowest BCUT2D eigenvalue weighted by molar-refractivity contribution is -0.341. The van der Waals surface area contributed by atoms with Crippen LogP contribution in [0.5, 0.6) is 0 Å². The van der Waals surface area contributed by atoms with Gasteiger partial charge >= 0.3 is 0 Å². The fourth-order valence-corrected chi connectivity index (χ4v) is 2.88. The van der Waals surface area contributed by atoms with Crippen molar-refractivity contribution in [2.45, 2.75) is 32.0 Å². The van der Waals surface area contributed by atoms with Crippen LogP contribution < -0.4 is 0 Å². The zero-order valence-electron chi connectivity index (χ0n) is 12.0. The van der Waals surface area contributed by atoms with Crippen molar-refractivity contribution in [2.24, 2.45) is 5.92 Å². The standard InChI is InChI=1S/C18H20O2/c1-14(2)18(16-11-7-4-8-12-16)13-17(19-20-18)15-9-5-3-6-10-15/h3-12,14,17H,13H2,1-2H3. The Kier molecular flexibility index (Phi) is 3.60. The number of rotatable bonds is 3. The normalized spacial score (nSPS) is 26.1. The highest BCUT2D eigenvalue weighted by Crippen LogP contribution is 2.48. The van der Waals surface area contributed by atoms with Crippen LogP contribution in [0.3, 0.4) is 0 Å². The molecule has 3 rings (SSSR count). The highest BCUT2D eigenvalue weighted by molar-refractivity contribution is 5.26. The lowest BCUT2D eigenvalue weighted by Crippen LogP contribution is -2.31. The minimum Gasteiger partial charge on any atom is -0.227 e. The van der Waals surface area contributed by atoms with Gasteiger partial charge in [-0.3, -0.25) is 0 Å². The summed E-state index contributed by atoms with van der Waals surface area (Å²) in [5.74, 6) is 0.346. The molecule has 2 nitrogen and oxygen atoms in total. The summed E-state index contributed by atoms with van der Waals surface area (Å²) >= 11 is 0. The van der Waals surface area contributed by atoms with Crippen LogP contribution in [0.25, 0.3) is 0 Å². The Balaban J connectivity index is 1.92. The Bertz CT molecular complexity index is 550. The summed E-state index contributed by atoms with van der Waals surface area (Å²) in [4.78, 5) is 11.5. The molecule has 1 fully saturated rings. The Morgan fingerprint density at radius 3 is 2.15 bits per heavy atom. The van der Waals surface area contributed by atoms with E-state index >= 15 is 0 Å². The van der Waals surface area contributed by atoms with E-state index in [4.69, 9.17) is 9.78 Å². The summed E-state index contributed by atoms with van der Waals surface area (Å²) in [6.07, 6.45) is 0.845. The molecule has 0 aromatic heterocycles. The third-order valence-corrected chi connectivity index (χ3v) is 4.17. The molecule has 2 aromatic rings. The summed E-state index contributed by atoms with van der Waals surface area (Å²) in [7, 11) is 0. The number of hydrogen-bond donors (Lipinski definition) is 0. The molecular formula is C18H20O2. The van der Waals surface area contributed by atoms with Crippen LogP contribution in [0.2, 0.25) is 0 Å². The zero-order valence-corrected chi connectivity index (χ0v) is 12.0. The van der Waals surface area contributed by atoms with Crippen molar-refractivity contribution in [3.8, 4) is 0 Å². The van der Waals surface area contributed by atoms with Gasteiger partial charge in [0.25, 0.3) is 0 Å². The molecule has 0 saturated carbocycles. The van der Waals surface area contributed by atoms with E-state index in [9.17, 15) is 0 Å². The quantitative estimate of drug-likeness (QED) is 0.755. The predicted octanol–water partition coefficient (Wildman–Crippen LogP) is 4.63. The second-order valence-corrected chi connectivity index (χ2v) is 5.69. The van der Waals surface area contributed by atoms with E-state index in [0.29, 0.717) is 5.92 Å². The maximum Gasteiger partial charge on any atom is 0.134 e. The molecule has 1 heterocycles. The molecule has 0 amide bonds. The Morgan fingerprint density at radius 2 is 1.55 bits per heavy atom. The van der Waals surface area contributed by atoms with Crippen LogP contribution in [-0.4, -0.2) is 0 Å². The van der Waals surface area contributed by atoms with Gasteiger partial charge in [0.1, 0.15) is 11.7 Å². The van der Waals surface area contributed by atoms with Gasteiger partial charge in [0.15, 0.2) is 0 Å². The fraction of sp³-hybridized carbons (Fsp3) is 0.333. The van der Waals surface area contributed by atoms with Crippen LogP contribution >= 0.6 is 0 Å². The highest BCUT2D eigenvalue weighted by atomic mass is 17.2. The van der Waals surface area contributed by atoms with Crippen molar-refractivity contribution in [1.82, 2.24) is 0 Å². The Hall–Kier alpha value is -1.64. The minimum atomic E-state index is -0.359. The van der Waals surface area contributed by atoms with E-state index in [1.54, 1.807) is 0 Å². The summed E-state index contributed by atoms with van der Waals surface area (Å²) in [5, 5.41) is 0. The maximum atomic E-state index is 5.86. The van der Waals surface area contributed by atoms with Gasteiger partial charge in [-0.05, 0) is 17.0 Å². The summed E-state index contributed by atoms with van der Waals surface area (Å²) < 4.78 is 0. The monoisotopic (exact) mass is 268 g/mol. The molecule has 104 valence electrons. The summed E-state index contributed by atoms with van der Waals surface area (Å²) in [5.41, 5.74) is 2.00. The van der Waals surface area contributed by atoms with Gasteiger partial charge in [0.05, 0.1) is 0 Å². The highest BCUT2D eigenvalue weighted by Gasteiger charge is 2.46. The van der Waals surface area contributed by atoms with Gasteiger partial charge in [0, 0.05) is 6.42 Å². The van der Waals surface area contributed by atoms with Crippen molar-refractivity contribution in [2.75, 3.05) is 0 Å². The second kappa shape index (κ2) is 5.39. The summed E-state index contributed by atoms with van der Waals surface area (Å²) in [6, 6.07) is 20.7. The van der Waals surface area contributed by atoms with E-state index in [0.717, 1.165) is 6.42 Å². The van der Waals surface area contributed by atoms with Crippen molar-refractivity contribution in [3.63, 3.8) is 0 Å². The Morgan fingerprint density at radius 1 is 0.950 bits per heavy atom. The molecule has 0 N–H and O–H groups in total. The lowest BCUT2D eigenvalue weighted by Gasteiger charge is -2.30. The van der Waals surface area contributed by atoms with Gasteiger partial charge in [0.2, 0.25) is 0 Å². The van der Waals surface area contributed by atoms with Crippen LogP contribution in [0.4, 0.5) is 0 Å². The smallest absolute Gasteiger partial charge is 0.134 e. The van der Waals surface area contributed by atoms with E-state index in [-0.39, 0.29) is 11.7 Å². The van der Waals surface area contributed by atoms with Crippen LogP contribution in [0.1, 0.15) is 37.5 Å². The average Bonchev–Trinajstić information content (AvgIpc) is 2.96. The maximum absolute atomic E-state index is 5.86. The molecule has 1 aliphatic heterocycles. The van der Waals surface area contributed by atoms with Crippen molar-refractivity contribution in [3.05, 3.63) is 71.8 Å². The van der Waals surface area contributed by atoms with E-state index in [2.05, 4.69) is 50.2 Å². The first-order valence-corrected chi connectivity index (χ1v) is 7.17. The molecule has 20 heavy (non-hydrogen) atoms. The summed E-state index contributed by atoms with van der Waals surface area (Å²) in [6.45, 7) is 4.37. The molecular weight excluding hydrogens is 248 g/mol. The minimum absolute atomic E-state index is 0.00111. The number of benzene rings is 2. The molecule has 2 atom stereocenters. The predicted molar refractivity (Wildman–Crippen MR) is 78.9 cm³/mol. The Labute approximate surface area is 120 Å². The molecule has 2 unspecified atom stereocenters. The van der Waals surface area contributed by atoms with Gasteiger partial charge in [-0.15, -0.1) is 0 Å². The molecule has 2 aromatic carbocycles. The molecule has 0 aliphatic carbocycles. The fourth-order valence-electron chi connectivity index (χ4n) is 2.88. The van der Waals surface area contributed by atoms with E-state index in [1.807, 2.05) is 24.3 Å². The van der Waals surface area contributed by atoms with Crippen molar-refractivity contribution < 1.29 is 9.78 Å². The zero-order chi connectivity index (χ0) is 14.0. The first-order valence-electron chi connectivity index (χ1n) is 7.17. The van der Waals surface area contributed by atoms with Gasteiger partial charge < -0.3 is 0 Å². The molecule has 0 radical (unpaired) electrons. The van der Waals surface area contributed by atoms with Gasteiger partial charge in [-0.1, -0.05) is 74.5 Å². The molecule has 0 bridgehead atoms.